The van der Waals surface area contributed by atoms with E-state index in [1.807, 2.05) is 30.3 Å². The second kappa shape index (κ2) is 8.89. The highest BCUT2D eigenvalue weighted by Gasteiger charge is 2.23. The van der Waals surface area contributed by atoms with Gasteiger partial charge in [0, 0.05) is 24.4 Å². The van der Waals surface area contributed by atoms with Crippen molar-refractivity contribution >= 4 is 28.6 Å². The number of carbonyl (C=O) groups is 2. The Hall–Kier alpha value is -4.20. The molecule has 2 aromatic heterocycles. The lowest BCUT2D eigenvalue weighted by atomic mass is 10.0. The number of hydrogen-bond donors (Lipinski definition) is 1. The number of methoxy groups -OCH3 is 1. The van der Waals surface area contributed by atoms with Gasteiger partial charge in [0.15, 0.2) is 0 Å². The van der Waals surface area contributed by atoms with Gasteiger partial charge in [-0.3, -0.25) is 9.59 Å². The Kier molecular flexibility index (Phi) is 5.85. The molecular formula is C24H22N4O4. The van der Waals surface area contributed by atoms with Crippen LogP contribution in [0.25, 0.3) is 22.4 Å². The number of aromatic nitrogens is 2. The van der Waals surface area contributed by atoms with E-state index in [0.29, 0.717) is 33.8 Å². The van der Waals surface area contributed by atoms with Gasteiger partial charge >= 0.3 is 0 Å². The quantitative estimate of drug-likeness (QED) is 0.498. The Morgan fingerprint density at radius 2 is 1.88 bits per heavy atom. The maximum atomic E-state index is 13.3. The largest absolute Gasteiger partial charge is 0.497 e. The molecule has 4 aromatic rings. The fraction of sp³-hybridized carbons (Fsp3) is 0.167. The molecule has 0 aliphatic carbocycles. The molecular weight excluding hydrogens is 408 g/mol. The maximum Gasteiger partial charge on any atom is 0.259 e. The molecule has 0 bridgehead atoms. The Bertz CT molecular complexity index is 1280. The van der Waals surface area contributed by atoms with E-state index in [-0.39, 0.29) is 24.1 Å². The minimum atomic E-state index is -0.332. The Labute approximate surface area is 184 Å². The normalized spacial score (nSPS) is 10.7. The van der Waals surface area contributed by atoms with Crippen LogP contribution in [0.2, 0.25) is 0 Å². The molecule has 0 saturated carbocycles. The topological polar surface area (TPSA) is 97.6 Å². The standard InChI is InChI=1S/C24H22N4O4/c1-15-22-19(13-20(26-23(22)32-27-15)16-8-5-4-6-9-16)24(30)28(2)14-21(29)25-17-10-7-11-18(12-17)31-3/h4-13H,14H2,1-3H3,(H,25,29). The fourth-order valence-electron chi connectivity index (χ4n) is 3.41. The third-order valence-corrected chi connectivity index (χ3v) is 5.00. The van der Waals surface area contributed by atoms with Crippen molar-refractivity contribution in [3.05, 3.63) is 71.9 Å². The van der Waals surface area contributed by atoms with Crippen LogP contribution in [-0.2, 0) is 4.79 Å². The van der Waals surface area contributed by atoms with E-state index in [4.69, 9.17) is 9.26 Å². The zero-order valence-corrected chi connectivity index (χ0v) is 18.0. The van der Waals surface area contributed by atoms with E-state index in [1.54, 1.807) is 51.4 Å². The van der Waals surface area contributed by atoms with Gasteiger partial charge in [0.1, 0.15) is 5.75 Å². The number of likely N-dealkylation sites (N-methyl/N-ethyl adjacent to an activating group) is 1. The molecule has 4 rings (SSSR count). The molecule has 8 nitrogen and oxygen atoms in total. The summed E-state index contributed by atoms with van der Waals surface area (Å²) in [5.74, 6) is -0.0332. The van der Waals surface area contributed by atoms with Crippen molar-refractivity contribution < 1.29 is 18.8 Å². The molecule has 8 heteroatoms. The first-order chi connectivity index (χ1) is 15.5. The van der Waals surface area contributed by atoms with Crippen molar-refractivity contribution in [2.75, 3.05) is 26.0 Å². The van der Waals surface area contributed by atoms with Crippen LogP contribution in [0.1, 0.15) is 16.1 Å². The summed E-state index contributed by atoms with van der Waals surface area (Å²) in [6, 6.07) is 18.2. The second-order valence-corrected chi connectivity index (χ2v) is 7.31. The smallest absolute Gasteiger partial charge is 0.259 e. The molecule has 2 amide bonds. The molecule has 0 aliphatic rings. The minimum absolute atomic E-state index is 0.134. The Balaban J connectivity index is 1.59. The predicted octanol–water partition coefficient (Wildman–Crippen LogP) is 3.92. The van der Waals surface area contributed by atoms with Crippen LogP contribution in [0, 0.1) is 6.92 Å². The second-order valence-electron chi connectivity index (χ2n) is 7.31. The van der Waals surface area contributed by atoms with E-state index in [2.05, 4.69) is 15.5 Å². The number of carbonyl (C=O) groups excluding carboxylic acids is 2. The summed E-state index contributed by atoms with van der Waals surface area (Å²) >= 11 is 0. The van der Waals surface area contributed by atoms with Gasteiger partial charge < -0.3 is 19.5 Å². The molecule has 162 valence electrons. The highest BCUT2D eigenvalue weighted by Crippen LogP contribution is 2.27. The monoisotopic (exact) mass is 430 g/mol. The summed E-state index contributed by atoms with van der Waals surface area (Å²) in [5.41, 5.74) is 3.24. The van der Waals surface area contributed by atoms with Crippen molar-refractivity contribution in [2.24, 2.45) is 0 Å². The predicted molar refractivity (Wildman–Crippen MR) is 121 cm³/mol. The number of nitrogens with zero attached hydrogens (tertiary/aromatic N) is 3. The van der Waals surface area contributed by atoms with Crippen LogP contribution >= 0.6 is 0 Å². The molecule has 0 saturated heterocycles. The average molecular weight is 430 g/mol. The lowest BCUT2D eigenvalue weighted by Gasteiger charge is -2.18. The summed E-state index contributed by atoms with van der Waals surface area (Å²) in [5, 5.41) is 7.28. The molecule has 2 heterocycles. The number of aryl methyl sites for hydroxylation is 1. The van der Waals surface area contributed by atoms with E-state index >= 15 is 0 Å². The molecule has 0 spiro atoms. The van der Waals surface area contributed by atoms with Crippen molar-refractivity contribution in [3.63, 3.8) is 0 Å². The van der Waals surface area contributed by atoms with Crippen molar-refractivity contribution in [2.45, 2.75) is 6.92 Å². The van der Waals surface area contributed by atoms with Crippen LogP contribution in [0.15, 0.2) is 65.2 Å². The van der Waals surface area contributed by atoms with Crippen LogP contribution in [0.5, 0.6) is 5.75 Å². The first kappa shape index (κ1) is 21.0. The highest BCUT2D eigenvalue weighted by molar-refractivity contribution is 6.08. The van der Waals surface area contributed by atoms with E-state index in [9.17, 15) is 9.59 Å². The maximum absolute atomic E-state index is 13.3. The highest BCUT2D eigenvalue weighted by atomic mass is 16.5. The number of amides is 2. The lowest BCUT2D eigenvalue weighted by molar-refractivity contribution is -0.116. The molecule has 2 aromatic carbocycles. The summed E-state index contributed by atoms with van der Waals surface area (Å²) in [7, 11) is 3.13. The van der Waals surface area contributed by atoms with Gasteiger partial charge in [-0.25, -0.2) is 4.98 Å². The van der Waals surface area contributed by atoms with E-state index in [0.717, 1.165) is 5.56 Å². The number of hydrogen-bond acceptors (Lipinski definition) is 6. The number of benzene rings is 2. The Morgan fingerprint density at radius 1 is 1.09 bits per heavy atom. The molecule has 0 unspecified atom stereocenters. The molecule has 0 fully saturated rings. The molecule has 1 N–H and O–H groups in total. The number of rotatable bonds is 6. The SMILES string of the molecule is COc1cccc(NC(=O)CN(C)C(=O)c2cc(-c3ccccc3)nc3onc(C)c23)c1. The third kappa shape index (κ3) is 4.29. The van der Waals surface area contributed by atoms with Crippen LogP contribution in [0.4, 0.5) is 5.69 Å². The molecule has 0 radical (unpaired) electrons. The lowest BCUT2D eigenvalue weighted by Crippen LogP contribution is -2.35. The zero-order valence-electron chi connectivity index (χ0n) is 18.0. The number of anilines is 1. The van der Waals surface area contributed by atoms with Gasteiger partial charge in [-0.1, -0.05) is 41.6 Å². The molecule has 0 aliphatic heterocycles. The van der Waals surface area contributed by atoms with Crippen LogP contribution < -0.4 is 10.1 Å². The van der Waals surface area contributed by atoms with Crippen molar-refractivity contribution in [3.8, 4) is 17.0 Å². The van der Waals surface area contributed by atoms with Gasteiger partial charge in [-0.2, -0.15) is 0 Å². The number of nitrogens with one attached hydrogen (secondary N) is 1. The molecule has 0 atom stereocenters. The summed E-state index contributed by atoms with van der Waals surface area (Å²) in [6.07, 6.45) is 0. The van der Waals surface area contributed by atoms with Gasteiger partial charge in [0.2, 0.25) is 5.91 Å². The van der Waals surface area contributed by atoms with Gasteiger partial charge in [0.25, 0.3) is 11.6 Å². The first-order valence-electron chi connectivity index (χ1n) is 9.98. The van der Waals surface area contributed by atoms with Gasteiger partial charge in [0.05, 0.1) is 36.0 Å². The van der Waals surface area contributed by atoms with Gasteiger partial charge in [-0.15, -0.1) is 0 Å². The summed E-state index contributed by atoms with van der Waals surface area (Å²) in [6.45, 7) is 1.62. The Morgan fingerprint density at radius 3 is 2.62 bits per heavy atom. The van der Waals surface area contributed by atoms with Crippen LogP contribution in [-0.4, -0.2) is 47.6 Å². The van der Waals surface area contributed by atoms with E-state index < -0.39 is 0 Å². The number of pyridine rings is 1. The van der Waals surface area contributed by atoms with Gasteiger partial charge in [-0.05, 0) is 25.1 Å². The summed E-state index contributed by atoms with van der Waals surface area (Å²) in [4.78, 5) is 31.7. The first-order valence-corrected chi connectivity index (χ1v) is 9.98. The number of ether oxygens (including phenoxy) is 1. The van der Waals surface area contributed by atoms with Crippen LogP contribution in [0.3, 0.4) is 0 Å². The number of fused-ring (bicyclic) bond motifs is 1. The fourth-order valence-corrected chi connectivity index (χ4v) is 3.41. The van der Waals surface area contributed by atoms with Crippen molar-refractivity contribution in [1.29, 1.82) is 0 Å². The third-order valence-electron chi connectivity index (χ3n) is 5.00. The molecule has 32 heavy (non-hydrogen) atoms. The van der Waals surface area contributed by atoms with Crippen molar-refractivity contribution in [1.82, 2.24) is 15.0 Å². The minimum Gasteiger partial charge on any atom is -0.497 e. The van der Waals surface area contributed by atoms with E-state index in [1.165, 1.54) is 4.90 Å². The summed E-state index contributed by atoms with van der Waals surface area (Å²) < 4.78 is 10.5. The zero-order chi connectivity index (χ0) is 22.7. The average Bonchev–Trinajstić information content (AvgIpc) is 3.19.